The van der Waals surface area contributed by atoms with Gasteiger partial charge in [0.1, 0.15) is 5.52 Å². The fourth-order valence-corrected chi connectivity index (χ4v) is 1.65. The van der Waals surface area contributed by atoms with Gasteiger partial charge < -0.3 is 4.74 Å². The minimum Gasteiger partial charge on any atom is -0.357 e. The molecule has 0 N–H and O–H groups in total. The Kier molecular flexibility index (Phi) is 2.97. The van der Waals surface area contributed by atoms with Gasteiger partial charge in [0.25, 0.3) is 0 Å². The van der Waals surface area contributed by atoms with Crippen LogP contribution in [0.3, 0.4) is 0 Å². The van der Waals surface area contributed by atoms with E-state index < -0.39 is 0 Å². The fourth-order valence-electron chi connectivity index (χ4n) is 1.65. The van der Waals surface area contributed by atoms with Gasteiger partial charge in [-0.15, -0.1) is 5.10 Å². The Hall–Kier alpha value is -1.42. The molecule has 80 valence electrons. The van der Waals surface area contributed by atoms with Crippen molar-refractivity contribution < 1.29 is 4.74 Å². The molecule has 2 aromatic rings. The maximum Gasteiger partial charge on any atom is 0.152 e. The summed E-state index contributed by atoms with van der Waals surface area (Å²) in [6, 6.07) is 7.92. The molecule has 1 atom stereocenters. The number of aromatic nitrogens is 3. The molecule has 1 aromatic heterocycles. The van der Waals surface area contributed by atoms with Gasteiger partial charge in [0.15, 0.2) is 6.23 Å². The van der Waals surface area contributed by atoms with Gasteiger partial charge in [-0.25, -0.2) is 4.68 Å². The molecule has 0 saturated heterocycles. The van der Waals surface area contributed by atoms with E-state index >= 15 is 0 Å². The third kappa shape index (κ3) is 1.85. The second kappa shape index (κ2) is 4.40. The normalized spacial score (nSPS) is 13.2. The van der Waals surface area contributed by atoms with E-state index in [0.717, 1.165) is 17.5 Å². The zero-order valence-corrected chi connectivity index (χ0v) is 9.05. The van der Waals surface area contributed by atoms with Crippen molar-refractivity contribution in [1.82, 2.24) is 15.0 Å². The summed E-state index contributed by atoms with van der Waals surface area (Å²) in [7, 11) is 0. The summed E-state index contributed by atoms with van der Waals surface area (Å²) in [5.74, 6) is 0. The van der Waals surface area contributed by atoms with Crippen molar-refractivity contribution in [1.29, 1.82) is 0 Å². The Morgan fingerprint density at radius 3 is 2.87 bits per heavy atom. The van der Waals surface area contributed by atoms with Gasteiger partial charge in [-0.1, -0.05) is 24.3 Å². The van der Waals surface area contributed by atoms with Crippen molar-refractivity contribution in [2.24, 2.45) is 0 Å². The van der Waals surface area contributed by atoms with E-state index in [0.29, 0.717) is 6.61 Å². The molecule has 0 aliphatic rings. The van der Waals surface area contributed by atoms with Gasteiger partial charge in [0, 0.05) is 6.61 Å². The van der Waals surface area contributed by atoms with Crippen LogP contribution in [0.15, 0.2) is 24.3 Å². The van der Waals surface area contributed by atoms with Gasteiger partial charge in [-0.3, -0.25) is 0 Å². The van der Waals surface area contributed by atoms with E-state index in [4.69, 9.17) is 4.74 Å². The van der Waals surface area contributed by atoms with Crippen molar-refractivity contribution >= 4 is 11.0 Å². The first-order valence-electron chi connectivity index (χ1n) is 5.28. The highest BCUT2D eigenvalue weighted by Gasteiger charge is 2.12. The number of para-hydroxylation sites is 1. The Labute approximate surface area is 88.8 Å². The molecule has 1 unspecified atom stereocenters. The molecular formula is C11H15N3O. The van der Waals surface area contributed by atoms with Crippen LogP contribution in [-0.2, 0) is 4.74 Å². The van der Waals surface area contributed by atoms with Crippen molar-refractivity contribution in [3.63, 3.8) is 0 Å². The number of nitrogens with zero attached hydrogens (tertiary/aromatic N) is 3. The summed E-state index contributed by atoms with van der Waals surface area (Å²) in [4.78, 5) is 0. The van der Waals surface area contributed by atoms with Crippen LogP contribution in [-0.4, -0.2) is 21.6 Å². The lowest BCUT2D eigenvalue weighted by molar-refractivity contribution is 0.000885. The van der Waals surface area contributed by atoms with E-state index in [1.54, 1.807) is 0 Å². The van der Waals surface area contributed by atoms with Gasteiger partial charge in [0.05, 0.1) is 5.52 Å². The van der Waals surface area contributed by atoms with Gasteiger partial charge >= 0.3 is 0 Å². The number of rotatable bonds is 4. The minimum absolute atomic E-state index is 0.0117. The highest BCUT2D eigenvalue weighted by atomic mass is 16.5. The van der Waals surface area contributed by atoms with Crippen LogP contribution in [0.5, 0.6) is 0 Å². The van der Waals surface area contributed by atoms with Crippen molar-refractivity contribution in [2.45, 2.75) is 26.5 Å². The van der Waals surface area contributed by atoms with Gasteiger partial charge in [-0.05, 0) is 25.5 Å². The summed E-state index contributed by atoms with van der Waals surface area (Å²) in [6.45, 7) is 4.76. The van der Waals surface area contributed by atoms with Crippen LogP contribution in [0.2, 0.25) is 0 Å². The molecule has 0 saturated carbocycles. The lowest BCUT2D eigenvalue weighted by Gasteiger charge is -2.15. The summed E-state index contributed by atoms with van der Waals surface area (Å²) >= 11 is 0. The Balaban J connectivity index is 2.41. The van der Waals surface area contributed by atoms with E-state index in [9.17, 15) is 0 Å². The zero-order valence-electron chi connectivity index (χ0n) is 9.05. The second-order valence-electron chi connectivity index (χ2n) is 3.34. The van der Waals surface area contributed by atoms with Gasteiger partial charge in [-0.2, -0.15) is 0 Å². The van der Waals surface area contributed by atoms with Crippen LogP contribution in [0, 0.1) is 0 Å². The molecule has 0 bridgehead atoms. The first-order chi connectivity index (χ1) is 7.36. The molecule has 1 aromatic carbocycles. The van der Waals surface area contributed by atoms with Crippen LogP contribution < -0.4 is 0 Å². The molecule has 2 rings (SSSR count). The molecule has 1 heterocycles. The molecule has 0 amide bonds. The quantitative estimate of drug-likeness (QED) is 0.769. The lowest BCUT2D eigenvalue weighted by Crippen LogP contribution is -2.13. The molecular weight excluding hydrogens is 190 g/mol. The molecule has 0 fully saturated rings. The van der Waals surface area contributed by atoms with E-state index in [1.165, 1.54) is 0 Å². The third-order valence-corrected chi connectivity index (χ3v) is 2.36. The molecule has 0 aliphatic heterocycles. The smallest absolute Gasteiger partial charge is 0.152 e. The Morgan fingerprint density at radius 1 is 1.33 bits per heavy atom. The number of benzene rings is 1. The zero-order chi connectivity index (χ0) is 10.7. The predicted molar refractivity (Wildman–Crippen MR) is 58.5 cm³/mol. The first-order valence-corrected chi connectivity index (χ1v) is 5.28. The maximum absolute atomic E-state index is 5.60. The number of hydrogen-bond donors (Lipinski definition) is 0. The number of ether oxygens (including phenoxy) is 1. The monoisotopic (exact) mass is 205 g/mol. The van der Waals surface area contributed by atoms with Crippen LogP contribution in [0.4, 0.5) is 0 Å². The number of fused-ring (bicyclic) bond motifs is 1. The molecule has 15 heavy (non-hydrogen) atoms. The largest absolute Gasteiger partial charge is 0.357 e. The Bertz CT molecular complexity index is 438. The maximum atomic E-state index is 5.60. The second-order valence-corrected chi connectivity index (χ2v) is 3.34. The summed E-state index contributed by atoms with van der Waals surface area (Å²) < 4.78 is 7.45. The summed E-state index contributed by atoms with van der Waals surface area (Å²) in [5.41, 5.74) is 1.94. The number of hydrogen-bond acceptors (Lipinski definition) is 3. The van der Waals surface area contributed by atoms with Crippen molar-refractivity contribution in [3.05, 3.63) is 24.3 Å². The Morgan fingerprint density at radius 2 is 2.13 bits per heavy atom. The first kappa shape index (κ1) is 10.1. The average Bonchev–Trinajstić information content (AvgIpc) is 2.70. The van der Waals surface area contributed by atoms with Crippen molar-refractivity contribution in [3.8, 4) is 0 Å². The van der Waals surface area contributed by atoms with Crippen LogP contribution in [0.25, 0.3) is 11.0 Å². The molecule has 0 radical (unpaired) electrons. The molecule has 0 spiro atoms. The highest BCUT2D eigenvalue weighted by Crippen LogP contribution is 2.18. The van der Waals surface area contributed by atoms with Crippen LogP contribution in [0.1, 0.15) is 26.5 Å². The lowest BCUT2D eigenvalue weighted by atomic mass is 10.3. The SMILES string of the molecule is CCOC(CC)n1nnc2ccccc21. The average molecular weight is 205 g/mol. The van der Waals surface area contributed by atoms with Crippen molar-refractivity contribution in [2.75, 3.05) is 6.61 Å². The summed E-state index contributed by atoms with van der Waals surface area (Å²) in [6.07, 6.45) is 0.878. The minimum atomic E-state index is -0.0117. The van der Waals surface area contributed by atoms with E-state index in [-0.39, 0.29) is 6.23 Å². The predicted octanol–water partition coefficient (Wildman–Crippen LogP) is 2.38. The molecule has 4 heteroatoms. The van der Waals surface area contributed by atoms with Gasteiger partial charge in [0.2, 0.25) is 0 Å². The fraction of sp³-hybridized carbons (Fsp3) is 0.455. The van der Waals surface area contributed by atoms with E-state index in [1.807, 2.05) is 35.9 Å². The molecule has 4 nitrogen and oxygen atoms in total. The van der Waals surface area contributed by atoms with Crippen LogP contribution >= 0.6 is 0 Å². The molecule has 0 aliphatic carbocycles. The topological polar surface area (TPSA) is 39.9 Å². The standard InChI is InChI=1S/C11H15N3O/c1-3-11(15-4-2)14-10-8-6-5-7-9(10)12-13-14/h5-8,11H,3-4H2,1-2H3. The van der Waals surface area contributed by atoms with E-state index in [2.05, 4.69) is 17.2 Å². The summed E-state index contributed by atoms with van der Waals surface area (Å²) in [5, 5.41) is 8.23. The third-order valence-electron chi connectivity index (χ3n) is 2.36. The highest BCUT2D eigenvalue weighted by molar-refractivity contribution is 5.73.